The molecule has 88 valence electrons. The standard InChI is InChI=1S/C13H20N2O/c1-11(10-14)15(2)13(16)9-8-12-6-4-3-5-7-12/h3-7,11H,8-10,14H2,1-2H3. The first kappa shape index (κ1) is 12.7. The van der Waals surface area contributed by atoms with Gasteiger partial charge in [-0.15, -0.1) is 0 Å². The van der Waals surface area contributed by atoms with Gasteiger partial charge in [-0.1, -0.05) is 30.3 Å². The van der Waals surface area contributed by atoms with Crippen molar-refractivity contribution in [2.24, 2.45) is 5.73 Å². The first-order valence-corrected chi connectivity index (χ1v) is 5.64. The average molecular weight is 220 g/mol. The van der Waals surface area contributed by atoms with Crippen LogP contribution in [-0.4, -0.2) is 30.4 Å². The van der Waals surface area contributed by atoms with Crippen molar-refractivity contribution in [3.8, 4) is 0 Å². The highest BCUT2D eigenvalue weighted by atomic mass is 16.2. The highest BCUT2D eigenvalue weighted by Crippen LogP contribution is 2.05. The number of nitrogens with zero attached hydrogens (tertiary/aromatic N) is 1. The van der Waals surface area contributed by atoms with Crippen LogP contribution in [0.1, 0.15) is 18.9 Å². The molecule has 0 heterocycles. The minimum absolute atomic E-state index is 0.114. The second-order valence-corrected chi connectivity index (χ2v) is 4.07. The lowest BCUT2D eigenvalue weighted by Crippen LogP contribution is -2.39. The number of likely N-dealkylation sites (N-methyl/N-ethyl adjacent to an activating group) is 1. The third-order valence-corrected chi connectivity index (χ3v) is 2.87. The van der Waals surface area contributed by atoms with E-state index >= 15 is 0 Å². The average Bonchev–Trinajstić information content (AvgIpc) is 2.35. The molecule has 0 radical (unpaired) electrons. The number of benzene rings is 1. The molecule has 0 fully saturated rings. The lowest BCUT2D eigenvalue weighted by Gasteiger charge is -2.23. The number of amides is 1. The monoisotopic (exact) mass is 220 g/mol. The minimum atomic E-state index is 0.114. The SMILES string of the molecule is CC(CN)N(C)C(=O)CCc1ccccc1. The Morgan fingerprint density at radius 1 is 1.38 bits per heavy atom. The Labute approximate surface area is 97.2 Å². The Hall–Kier alpha value is -1.35. The van der Waals surface area contributed by atoms with E-state index in [-0.39, 0.29) is 11.9 Å². The van der Waals surface area contributed by atoms with E-state index in [0.717, 1.165) is 6.42 Å². The number of carbonyl (C=O) groups excluding carboxylic acids is 1. The molecule has 1 rings (SSSR count). The molecule has 3 heteroatoms. The van der Waals surface area contributed by atoms with Gasteiger partial charge in [0.15, 0.2) is 0 Å². The van der Waals surface area contributed by atoms with Crippen LogP contribution >= 0.6 is 0 Å². The van der Waals surface area contributed by atoms with E-state index in [2.05, 4.69) is 0 Å². The van der Waals surface area contributed by atoms with Crippen LogP contribution in [0.15, 0.2) is 30.3 Å². The van der Waals surface area contributed by atoms with Gasteiger partial charge in [0.25, 0.3) is 0 Å². The molecule has 1 aromatic rings. The molecule has 1 unspecified atom stereocenters. The molecule has 0 spiro atoms. The Balaban J connectivity index is 2.41. The first-order valence-electron chi connectivity index (χ1n) is 5.64. The quantitative estimate of drug-likeness (QED) is 0.816. The zero-order valence-electron chi connectivity index (χ0n) is 10.0. The predicted octanol–water partition coefficient (Wildman–Crippen LogP) is 1.42. The number of aryl methyl sites for hydroxylation is 1. The predicted molar refractivity (Wildman–Crippen MR) is 66.0 cm³/mol. The molecule has 0 aliphatic carbocycles. The summed E-state index contributed by atoms with van der Waals surface area (Å²) in [6.07, 6.45) is 1.34. The molecule has 0 aliphatic heterocycles. The van der Waals surface area contributed by atoms with Crippen molar-refractivity contribution in [3.63, 3.8) is 0 Å². The molecule has 0 aliphatic rings. The van der Waals surface area contributed by atoms with Crippen LogP contribution in [0, 0.1) is 0 Å². The summed E-state index contributed by atoms with van der Waals surface area (Å²) < 4.78 is 0. The fraction of sp³-hybridized carbons (Fsp3) is 0.462. The summed E-state index contributed by atoms with van der Waals surface area (Å²) in [7, 11) is 1.81. The van der Waals surface area contributed by atoms with Crippen LogP contribution in [0.4, 0.5) is 0 Å². The molecule has 2 N–H and O–H groups in total. The second-order valence-electron chi connectivity index (χ2n) is 4.07. The van der Waals surface area contributed by atoms with Gasteiger partial charge in [0.05, 0.1) is 0 Å². The van der Waals surface area contributed by atoms with Crippen molar-refractivity contribution in [2.75, 3.05) is 13.6 Å². The number of hydrogen-bond donors (Lipinski definition) is 1. The fourth-order valence-electron chi connectivity index (χ4n) is 1.48. The summed E-state index contributed by atoms with van der Waals surface area (Å²) in [5.41, 5.74) is 6.72. The maximum atomic E-state index is 11.8. The topological polar surface area (TPSA) is 46.3 Å². The van der Waals surface area contributed by atoms with E-state index in [1.807, 2.05) is 44.3 Å². The molecule has 3 nitrogen and oxygen atoms in total. The zero-order valence-corrected chi connectivity index (χ0v) is 10.0. The fourth-order valence-corrected chi connectivity index (χ4v) is 1.48. The number of nitrogens with two attached hydrogens (primary N) is 1. The number of hydrogen-bond acceptors (Lipinski definition) is 2. The molecule has 1 amide bonds. The van der Waals surface area contributed by atoms with Gasteiger partial charge < -0.3 is 10.6 Å². The molecule has 0 bridgehead atoms. The molecule has 0 saturated carbocycles. The Bertz CT molecular complexity index is 324. The summed E-state index contributed by atoms with van der Waals surface area (Å²) in [6, 6.07) is 10.2. The normalized spacial score (nSPS) is 12.2. The van der Waals surface area contributed by atoms with E-state index in [0.29, 0.717) is 13.0 Å². The van der Waals surface area contributed by atoms with Gasteiger partial charge >= 0.3 is 0 Å². The van der Waals surface area contributed by atoms with Crippen molar-refractivity contribution in [1.82, 2.24) is 4.90 Å². The lowest BCUT2D eigenvalue weighted by molar-refractivity contribution is -0.131. The van der Waals surface area contributed by atoms with E-state index < -0.39 is 0 Å². The van der Waals surface area contributed by atoms with Crippen LogP contribution < -0.4 is 5.73 Å². The summed E-state index contributed by atoms with van der Waals surface area (Å²) >= 11 is 0. The smallest absolute Gasteiger partial charge is 0.222 e. The van der Waals surface area contributed by atoms with Gasteiger partial charge in [-0.05, 0) is 18.9 Å². The van der Waals surface area contributed by atoms with Crippen molar-refractivity contribution in [2.45, 2.75) is 25.8 Å². The van der Waals surface area contributed by atoms with Gasteiger partial charge in [0.2, 0.25) is 5.91 Å². The summed E-state index contributed by atoms with van der Waals surface area (Å²) in [6.45, 7) is 2.47. The maximum absolute atomic E-state index is 11.8. The molecule has 1 atom stereocenters. The third kappa shape index (κ3) is 3.66. The van der Waals surface area contributed by atoms with Crippen LogP contribution in [0.2, 0.25) is 0 Å². The largest absolute Gasteiger partial charge is 0.342 e. The van der Waals surface area contributed by atoms with Gasteiger partial charge in [-0.2, -0.15) is 0 Å². The summed E-state index contributed by atoms with van der Waals surface area (Å²) in [4.78, 5) is 13.5. The minimum Gasteiger partial charge on any atom is -0.342 e. The van der Waals surface area contributed by atoms with Crippen LogP contribution in [0.3, 0.4) is 0 Å². The van der Waals surface area contributed by atoms with Gasteiger partial charge in [-0.25, -0.2) is 0 Å². The second kappa shape index (κ2) is 6.28. The Morgan fingerprint density at radius 3 is 2.56 bits per heavy atom. The van der Waals surface area contributed by atoms with Crippen molar-refractivity contribution >= 4 is 5.91 Å². The molecular weight excluding hydrogens is 200 g/mol. The molecule has 0 aromatic heterocycles. The van der Waals surface area contributed by atoms with E-state index in [1.54, 1.807) is 4.90 Å². The van der Waals surface area contributed by atoms with E-state index in [1.165, 1.54) is 5.56 Å². The number of rotatable bonds is 5. The maximum Gasteiger partial charge on any atom is 0.222 e. The summed E-state index contributed by atoms with van der Waals surface area (Å²) in [5.74, 6) is 0.154. The summed E-state index contributed by atoms with van der Waals surface area (Å²) in [5, 5.41) is 0. The Morgan fingerprint density at radius 2 is 2.00 bits per heavy atom. The van der Waals surface area contributed by atoms with E-state index in [4.69, 9.17) is 5.73 Å². The van der Waals surface area contributed by atoms with Crippen molar-refractivity contribution in [1.29, 1.82) is 0 Å². The first-order chi connectivity index (χ1) is 7.65. The Kier molecular flexibility index (Phi) is 4.99. The van der Waals surface area contributed by atoms with Crippen molar-refractivity contribution in [3.05, 3.63) is 35.9 Å². The van der Waals surface area contributed by atoms with Gasteiger partial charge in [0.1, 0.15) is 0 Å². The molecular formula is C13H20N2O. The number of carbonyl (C=O) groups is 1. The van der Waals surface area contributed by atoms with E-state index in [9.17, 15) is 4.79 Å². The third-order valence-electron chi connectivity index (χ3n) is 2.87. The molecule has 1 aromatic carbocycles. The van der Waals surface area contributed by atoms with Gasteiger partial charge in [0, 0.05) is 26.1 Å². The van der Waals surface area contributed by atoms with Crippen LogP contribution in [0.25, 0.3) is 0 Å². The van der Waals surface area contributed by atoms with Gasteiger partial charge in [-0.3, -0.25) is 4.79 Å². The highest BCUT2D eigenvalue weighted by Gasteiger charge is 2.13. The van der Waals surface area contributed by atoms with Crippen LogP contribution in [-0.2, 0) is 11.2 Å². The van der Waals surface area contributed by atoms with Crippen molar-refractivity contribution < 1.29 is 4.79 Å². The lowest BCUT2D eigenvalue weighted by atomic mass is 10.1. The van der Waals surface area contributed by atoms with Crippen LogP contribution in [0.5, 0.6) is 0 Å². The molecule has 0 saturated heterocycles. The molecule has 16 heavy (non-hydrogen) atoms. The highest BCUT2D eigenvalue weighted by molar-refractivity contribution is 5.76. The zero-order chi connectivity index (χ0) is 12.0.